The van der Waals surface area contributed by atoms with Crippen LogP contribution in [0.25, 0.3) is 0 Å². The van der Waals surface area contributed by atoms with E-state index in [1.165, 1.54) is 6.92 Å². The van der Waals surface area contributed by atoms with Gasteiger partial charge in [0, 0.05) is 12.1 Å². The van der Waals surface area contributed by atoms with E-state index in [1.54, 1.807) is 6.07 Å². The Kier molecular flexibility index (Phi) is 4.22. The molecule has 1 aromatic rings. The number of ether oxygens (including phenoxy) is 2. The van der Waals surface area contributed by atoms with Crippen molar-refractivity contribution in [2.24, 2.45) is 0 Å². The molecule has 5 nitrogen and oxygen atoms in total. The van der Waals surface area contributed by atoms with E-state index in [1.807, 2.05) is 0 Å². The Hall–Kier alpha value is -2.43. The SMILES string of the molecule is CCOC(=O)c1cc(OC(F)(F)F)c(O)cc1C#N. The number of alkyl halides is 3. The van der Waals surface area contributed by atoms with E-state index in [4.69, 9.17) is 5.26 Å². The summed E-state index contributed by atoms with van der Waals surface area (Å²) in [5.74, 6) is -2.86. The van der Waals surface area contributed by atoms with Gasteiger partial charge in [-0.3, -0.25) is 0 Å². The highest BCUT2D eigenvalue weighted by Crippen LogP contribution is 2.34. The Bertz CT molecular complexity index is 534. The predicted octanol–water partition coefficient (Wildman–Crippen LogP) is 2.34. The minimum atomic E-state index is -5.03. The maximum Gasteiger partial charge on any atom is 0.573 e. The summed E-state index contributed by atoms with van der Waals surface area (Å²) in [7, 11) is 0. The van der Waals surface area contributed by atoms with Crippen molar-refractivity contribution in [2.45, 2.75) is 13.3 Å². The first-order valence-electron chi connectivity index (χ1n) is 4.98. The van der Waals surface area contributed by atoms with Crippen LogP contribution in [-0.4, -0.2) is 24.0 Å². The summed E-state index contributed by atoms with van der Waals surface area (Å²) in [6.07, 6.45) is -5.03. The van der Waals surface area contributed by atoms with Crippen LogP contribution in [0.5, 0.6) is 11.5 Å². The smallest absolute Gasteiger partial charge is 0.504 e. The average Bonchev–Trinajstić information content (AvgIpc) is 2.29. The highest BCUT2D eigenvalue weighted by Gasteiger charge is 2.33. The van der Waals surface area contributed by atoms with Gasteiger partial charge in [0.1, 0.15) is 6.07 Å². The lowest BCUT2D eigenvalue weighted by Crippen LogP contribution is -2.18. The molecule has 0 aromatic heterocycles. The maximum atomic E-state index is 12.1. The van der Waals surface area contributed by atoms with Gasteiger partial charge in [0.25, 0.3) is 0 Å². The number of carbonyl (C=O) groups excluding carboxylic acids is 1. The van der Waals surface area contributed by atoms with Gasteiger partial charge in [-0.2, -0.15) is 5.26 Å². The van der Waals surface area contributed by atoms with Gasteiger partial charge in [-0.1, -0.05) is 0 Å². The zero-order valence-electron chi connectivity index (χ0n) is 9.61. The van der Waals surface area contributed by atoms with Crippen LogP contribution in [-0.2, 0) is 4.74 Å². The topological polar surface area (TPSA) is 79.6 Å². The second-order valence-electron chi connectivity index (χ2n) is 3.25. The number of nitriles is 1. The molecule has 0 heterocycles. The van der Waals surface area contributed by atoms with Gasteiger partial charge in [-0.25, -0.2) is 4.79 Å². The van der Waals surface area contributed by atoms with Crippen molar-refractivity contribution in [1.29, 1.82) is 5.26 Å². The van der Waals surface area contributed by atoms with E-state index >= 15 is 0 Å². The van der Waals surface area contributed by atoms with Crippen LogP contribution in [0, 0.1) is 11.3 Å². The molecule has 0 unspecified atom stereocenters. The van der Waals surface area contributed by atoms with Crippen LogP contribution in [0.3, 0.4) is 0 Å². The first kappa shape index (κ1) is 14.6. The van der Waals surface area contributed by atoms with E-state index in [0.29, 0.717) is 12.1 Å². The Morgan fingerprint density at radius 2 is 2.11 bits per heavy atom. The fraction of sp³-hybridized carbons (Fsp3) is 0.273. The van der Waals surface area contributed by atoms with Gasteiger partial charge in [0.2, 0.25) is 0 Å². The van der Waals surface area contributed by atoms with Gasteiger partial charge in [0.05, 0.1) is 17.7 Å². The van der Waals surface area contributed by atoms with Crippen molar-refractivity contribution in [1.82, 2.24) is 0 Å². The lowest BCUT2D eigenvalue weighted by molar-refractivity contribution is -0.275. The minimum Gasteiger partial charge on any atom is -0.504 e. The zero-order valence-corrected chi connectivity index (χ0v) is 9.61. The number of esters is 1. The molecule has 0 amide bonds. The molecule has 102 valence electrons. The molecule has 1 rings (SSSR count). The number of phenolic OH excluding ortho intramolecular Hbond substituents is 1. The molecule has 0 fully saturated rings. The number of nitrogens with zero attached hydrogens (tertiary/aromatic N) is 1. The molecule has 0 aliphatic carbocycles. The average molecular weight is 275 g/mol. The van der Waals surface area contributed by atoms with E-state index < -0.39 is 29.4 Å². The normalized spacial score (nSPS) is 10.7. The Morgan fingerprint density at radius 3 is 2.58 bits per heavy atom. The molecular formula is C11H8F3NO4. The molecule has 19 heavy (non-hydrogen) atoms. The van der Waals surface area contributed by atoms with Crippen molar-refractivity contribution in [3.05, 3.63) is 23.3 Å². The Labute approximate surface area is 105 Å². The number of phenols is 1. The lowest BCUT2D eigenvalue weighted by Gasteiger charge is -2.12. The molecule has 1 N–H and O–H groups in total. The third-order valence-electron chi connectivity index (χ3n) is 1.94. The molecule has 0 aliphatic heterocycles. The van der Waals surface area contributed by atoms with Gasteiger partial charge >= 0.3 is 12.3 Å². The van der Waals surface area contributed by atoms with Crippen molar-refractivity contribution in [2.75, 3.05) is 6.61 Å². The molecule has 0 atom stereocenters. The van der Waals surface area contributed by atoms with Gasteiger partial charge in [-0.05, 0) is 6.92 Å². The highest BCUT2D eigenvalue weighted by atomic mass is 19.4. The summed E-state index contributed by atoms with van der Waals surface area (Å²) in [5.41, 5.74) is -0.730. The van der Waals surface area contributed by atoms with Gasteiger partial charge in [0.15, 0.2) is 11.5 Å². The van der Waals surface area contributed by atoms with E-state index in [-0.39, 0.29) is 12.2 Å². The third kappa shape index (κ3) is 3.77. The van der Waals surface area contributed by atoms with Crippen LogP contribution in [0.4, 0.5) is 13.2 Å². The summed E-state index contributed by atoms with van der Waals surface area (Å²) in [5, 5.41) is 18.0. The van der Waals surface area contributed by atoms with Crippen molar-refractivity contribution in [3.8, 4) is 17.6 Å². The summed E-state index contributed by atoms with van der Waals surface area (Å²) < 4.78 is 44.3. The molecular weight excluding hydrogens is 267 g/mol. The van der Waals surface area contributed by atoms with Crippen LogP contribution in [0.2, 0.25) is 0 Å². The summed E-state index contributed by atoms with van der Waals surface area (Å²) in [6, 6.07) is 2.88. The highest BCUT2D eigenvalue weighted by molar-refractivity contribution is 5.93. The number of carbonyl (C=O) groups is 1. The Balaban J connectivity index is 3.26. The van der Waals surface area contributed by atoms with Crippen LogP contribution in [0.15, 0.2) is 12.1 Å². The van der Waals surface area contributed by atoms with Gasteiger partial charge in [-0.15, -0.1) is 13.2 Å². The predicted molar refractivity (Wildman–Crippen MR) is 55.5 cm³/mol. The van der Waals surface area contributed by atoms with Crippen molar-refractivity contribution in [3.63, 3.8) is 0 Å². The fourth-order valence-corrected chi connectivity index (χ4v) is 1.25. The van der Waals surface area contributed by atoms with Crippen molar-refractivity contribution >= 4 is 5.97 Å². The Morgan fingerprint density at radius 1 is 1.47 bits per heavy atom. The van der Waals surface area contributed by atoms with Crippen LogP contribution in [0.1, 0.15) is 22.8 Å². The van der Waals surface area contributed by atoms with E-state index in [9.17, 15) is 23.1 Å². The summed E-state index contributed by atoms with van der Waals surface area (Å²) >= 11 is 0. The number of aromatic hydroxyl groups is 1. The molecule has 0 saturated carbocycles. The van der Waals surface area contributed by atoms with Crippen LogP contribution >= 0.6 is 0 Å². The second-order valence-corrected chi connectivity index (χ2v) is 3.25. The molecule has 8 heteroatoms. The quantitative estimate of drug-likeness (QED) is 0.856. The van der Waals surface area contributed by atoms with Crippen molar-refractivity contribution < 1.29 is 32.5 Å². The number of halogens is 3. The molecule has 0 saturated heterocycles. The molecule has 0 aliphatic rings. The number of benzene rings is 1. The van der Waals surface area contributed by atoms with E-state index in [0.717, 1.165) is 0 Å². The zero-order chi connectivity index (χ0) is 14.6. The monoisotopic (exact) mass is 275 g/mol. The largest absolute Gasteiger partial charge is 0.573 e. The molecule has 0 radical (unpaired) electrons. The molecule has 0 bridgehead atoms. The summed E-state index contributed by atoms with van der Waals surface area (Å²) in [4.78, 5) is 11.5. The standard InChI is InChI=1S/C11H8F3NO4/c1-2-18-10(17)7-4-9(19-11(12,13)14)8(16)3-6(7)5-15/h3-4,16H,2H2,1H3. The van der Waals surface area contributed by atoms with Gasteiger partial charge < -0.3 is 14.6 Å². The maximum absolute atomic E-state index is 12.1. The molecule has 1 aromatic carbocycles. The second kappa shape index (κ2) is 5.48. The van der Waals surface area contributed by atoms with Crippen LogP contribution < -0.4 is 4.74 Å². The fourth-order valence-electron chi connectivity index (χ4n) is 1.25. The first-order chi connectivity index (χ1) is 8.78. The molecule has 0 spiro atoms. The summed E-state index contributed by atoms with van der Waals surface area (Å²) in [6.45, 7) is 1.48. The first-order valence-corrected chi connectivity index (χ1v) is 4.98. The van der Waals surface area contributed by atoms with E-state index in [2.05, 4.69) is 9.47 Å². The lowest BCUT2D eigenvalue weighted by atomic mass is 10.1. The minimum absolute atomic E-state index is 0.0138. The number of hydrogen-bond donors (Lipinski definition) is 1. The number of hydrogen-bond acceptors (Lipinski definition) is 5. The third-order valence-corrected chi connectivity index (χ3v) is 1.94. The number of rotatable bonds is 3.